The fraction of sp³-hybridized carbons (Fsp3) is 0.833. The van der Waals surface area contributed by atoms with E-state index in [9.17, 15) is 5.11 Å². The molecule has 1 N–H and O–H groups in total. The maximum absolute atomic E-state index is 9.41. The van der Waals surface area contributed by atoms with Gasteiger partial charge in [0.15, 0.2) is 10.6 Å². The molecule has 1 saturated heterocycles. The number of rotatable bonds is 4. The van der Waals surface area contributed by atoms with Crippen molar-refractivity contribution in [2.24, 2.45) is 0 Å². The Labute approximate surface area is 117 Å². The standard InChI is InChI=1S/C12H20N4O2S/c1-9-7-18-5-4-14(9)8-15-12(19)16(10-2-3-10)11(6-17)13-15/h9-10,17H,2-8H2,1H3. The summed E-state index contributed by atoms with van der Waals surface area (Å²) < 4.78 is 10.0. The van der Waals surface area contributed by atoms with Crippen LogP contribution in [0.15, 0.2) is 0 Å². The van der Waals surface area contributed by atoms with E-state index in [1.54, 1.807) is 0 Å². The molecular formula is C12H20N4O2S. The number of aliphatic hydroxyl groups excluding tert-OH is 1. The Morgan fingerprint density at radius 1 is 1.47 bits per heavy atom. The van der Waals surface area contributed by atoms with Gasteiger partial charge in [0.05, 0.1) is 19.9 Å². The van der Waals surface area contributed by atoms with E-state index < -0.39 is 0 Å². The van der Waals surface area contributed by atoms with Crippen molar-refractivity contribution < 1.29 is 9.84 Å². The molecule has 19 heavy (non-hydrogen) atoms. The van der Waals surface area contributed by atoms with Crippen molar-refractivity contribution in [3.63, 3.8) is 0 Å². The van der Waals surface area contributed by atoms with Crippen LogP contribution >= 0.6 is 12.2 Å². The van der Waals surface area contributed by atoms with Crippen molar-refractivity contribution in [1.29, 1.82) is 0 Å². The fourth-order valence-electron chi connectivity index (χ4n) is 2.51. The van der Waals surface area contributed by atoms with Crippen molar-refractivity contribution in [2.45, 2.75) is 45.1 Å². The number of ether oxygens (including phenoxy) is 1. The summed E-state index contributed by atoms with van der Waals surface area (Å²) in [5.41, 5.74) is 0. The maximum Gasteiger partial charge on any atom is 0.199 e. The summed E-state index contributed by atoms with van der Waals surface area (Å²) >= 11 is 5.50. The van der Waals surface area contributed by atoms with Crippen LogP contribution in [0.1, 0.15) is 31.6 Å². The summed E-state index contributed by atoms with van der Waals surface area (Å²) in [4.78, 5) is 2.31. The Morgan fingerprint density at radius 2 is 2.26 bits per heavy atom. The van der Waals surface area contributed by atoms with Crippen molar-refractivity contribution in [2.75, 3.05) is 19.8 Å². The maximum atomic E-state index is 9.41. The molecule has 1 aliphatic carbocycles. The summed E-state index contributed by atoms with van der Waals surface area (Å²) in [6.45, 7) is 5.18. The average molecular weight is 284 g/mol. The van der Waals surface area contributed by atoms with E-state index in [-0.39, 0.29) is 6.61 Å². The van der Waals surface area contributed by atoms with Crippen molar-refractivity contribution in [3.8, 4) is 0 Å². The van der Waals surface area contributed by atoms with Crippen LogP contribution in [0.3, 0.4) is 0 Å². The Morgan fingerprint density at radius 3 is 2.89 bits per heavy atom. The van der Waals surface area contributed by atoms with E-state index in [0.717, 1.165) is 37.4 Å². The molecule has 106 valence electrons. The van der Waals surface area contributed by atoms with Gasteiger partial charge in [-0.25, -0.2) is 4.68 Å². The SMILES string of the molecule is CC1COCCN1Cn1nc(CO)n(C2CC2)c1=S. The van der Waals surface area contributed by atoms with E-state index in [0.29, 0.717) is 24.6 Å². The number of nitrogens with zero attached hydrogens (tertiary/aromatic N) is 4. The number of hydrogen-bond acceptors (Lipinski definition) is 5. The first-order valence-corrected chi connectivity index (χ1v) is 7.22. The summed E-state index contributed by atoms with van der Waals surface area (Å²) in [5.74, 6) is 0.688. The summed E-state index contributed by atoms with van der Waals surface area (Å²) in [6, 6.07) is 0.824. The summed E-state index contributed by atoms with van der Waals surface area (Å²) in [5, 5.41) is 13.9. The molecule has 2 heterocycles. The van der Waals surface area contributed by atoms with E-state index >= 15 is 0 Å². The van der Waals surface area contributed by atoms with Crippen LogP contribution in [0.4, 0.5) is 0 Å². The minimum atomic E-state index is -0.0498. The van der Waals surface area contributed by atoms with Crippen molar-refractivity contribution in [1.82, 2.24) is 19.2 Å². The molecule has 3 rings (SSSR count). The fourth-order valence-corrected chi connectivity index (χ4v) is 2.86. The van der Waals surface area contributed by atoms with Gasteiger partial charge in [0, 0.05) is 18.6 Å². The van der Waals surface area contributed by atoms with Crippen LogP contribution in [-0.2, 0) is 18.0 Å². The minimum Gasteiger partial charge on any atom is -0.388 e. The lowest BCUT2D eigenvalue weighted by Gasteiger charge is -2.32. The van der Waals surface area contributed by atoms with E-state index in [2.05, 4.69) is 16.9 Å². The lowest BCUT2D eigenvalue weighted by atomic mass is 10.3. The topological polar surface area (TPSA) is 55.4 Å². The van der Waals surface area contributed by atoms with Gasteiger partial charge in [-0.05, 0) is 32.0 Å². The monoisotopic (exact) mass is 284 g/mol. The van der Waals surface area contributed by atoms with Gasteiger partial charge in [-0.15, -0.1) is 0 Å². The number of morpholine rings is 1. The second-order valence-electron chi connectivity index (χ2n) is 5.34. The largest absolute Gasteiger partial charge is 0.388 e. The molecule has 6 nitrogen and oxygen atoms in total. The second-order valence-corrected chi connectivity index (χ2v) is 5.70. The molecule has 1 saturated carbocycles. The molecule has 0 spiro atoms. The number of aliphatic hydroxyl groups is 1. The molecule has 1 aliphatic heterocycles. The van der Waals surface area contributed by atoms with Crippen molar-refractivity contribution in [3.05, 3.63) is 10.6 Å². The molecule has 1 aromatic heterocycles. The zero-order valence-corrected chi connectivity index (χ0v) is 12.0. The molecule has 0 radical (unpaired) electrons. The van der Waals surface area contributed by atoms with Gasteiger partial charge in [-0.1, -0.05) is 0 Å². The summed E-state index contributed by atoms with van der Waals surface area (Å²) in [7, 11) is 0. The third-order valence-electron chi connectivity index (χ3n) is 3.82. The first-order chi connectivity index (χ1) is 9.20. The average Bonchev–Trinajstić information content (AvgIpc) is 3.19. The minimum absolute atomic E-state index is 0.0498. The quantitative estimate of drug-likeness (QED) is 0.833. The normalized spacial score (nSPS) is 24.8. The number of hydrogen-bond donors (Lipinski definition) is 1. The highest BCUT2D eigenvalue weighted by atomic mass is 32.1. The van der Waals surface area contributed by atoms with E-state index in [1.807, 2.05) is 9.25 Å². The van der Waals surface area contributed by atoms with Gasteiger partial charge in [0.1, 0.15) is 6.61 Å². The second kappa shape index (κ2) is 5.32. The third kappa shape index (κ3) is 2.60. The van der Waals surface area contributed by atoms with Crippen LogP contribution in [0, 0.1) is 4.77 Å². The van der Waals surface area contributed by atoms with Gasteiger partial charge >= 0.3 is 0 Å². The zero-order chi connectivity index (χ0) is 13.4. The van der Waals surface area contributed by atoms with Gasteiger partial charge in [-0.3, -0.25) is 9.47 Å². The highest BCUT2D eigenvalue weighted by Crippen LogP contribution is 2.36. The lowest BCUT2D eigenvalue weighted by molar-refractivity contribution is -0.0176. The molecule has 2 fully saturated rings. The molecular weight excluding hydrogens is 264 g/mol. The van der Waals surface area contributed by atoms with Crippen LogP contribution in [0.25, 0.3) is 0 Å². The highest BCUT2D eigenvalue weighted by Gasteiger charge is 2.29. The predicted molar refractivity (Wildman–Crippen MR) is 72.2 cm³/mol. The Balaban J connectivity index is 1.82. The molecule has 7 heteroatoms. The Hall–Kier alpha value is -0.760. The van der Waals surface area contributed by atoms with Gasteiger partial charge in [0.25, 0.3) is 0 Å². The molecule has 1 unspecified atom stereocenters. The van der Waals surface area contributed by atoms with Crippen LogP contribution in [0.2, 0.25) is 0 Å². The zero-order valence-electron chi connectivity index (χ0n) is 11.2. The predicted octanol–water partition coefficient (Wildman–Crippen LogP) is 0.919. The first-order valence-electron chi connectivity index (χ1n) is 6.81. The molecule has 0 amide bonds. The summed E-state index contributed by atoms with van der Waals surface area (Å²) in [6.07, 6.45) is 2.28. The molecule has 1 atom stereocenters. The Kier molecular flexibility index (Phi) is 3.70. The molecule has 2 aliphatic rings. The van der Waals surface area contributed by atoms with Crippen molar-refractivity contribution >= 4 is 12.2 Å². The van der Waals surface area contributed by atoms with Gasteiger partial charge in [-0.2, -0.15) is 5.10 Å². The molecule has 0 bridgehead atoms. The molecule has 1 aromatic rings. The van der Waals surface area contributed by atoms with Crippen LogP contribution < -0.4 is 0 Å². The van der Waals surface area contributed by atoms with Gasteiger partial charge in [0.2, 0.25) is 0 Å². The molecule has 0 aromatic carbocycles. The first kappa shape index (κ1) is 13.2. The van der Waals surface area contributed by atoms with E-state index in [4.69, 9.17) is 17.0 Å². The van der Waals surface area contributed by atoms with Gasteiger partial charge < -0.3 is 9.84 Å². The van der Waals surface area contributed by atoms with E-state index in [1.165, 1.54) is 0 Å². The lowest BCUT2D eigenvalue weighted by Crippen LogP contribution is -2.44. The third-order valence-corrected chi connectivity index (χ3v) is 4.22. The number of aromatic nitrogens is 3. The highest BCUT2D eigenvalue weighted by molar-refractivity contribution is 7.71. The smallest absolute Gasteiger partial charge is 0.199 e. The Bertz CT molecular complexity index is 508. The van der Waals surface area contributed by atoms with Crippen LogP contribution in [0.5, 0.6) is 0 Å². The van der Waals surface area contributed by atoms with Crippen LogP contribution in [-0.4, -0.2) is 50.2 Å².